The SMILES string of the molecule is Cc1nc(Cl)ccc1NC(=O)C1(N)CCCC1. The summed E-state index contributed by atoms with van der Waals surface area (Å²) in [5, 5.41) is 3.25. The van der Waals surface area contributed by atoms with Gasteiger partial charge in [-0.3, -0.25) is 4.79 Å². The third kappa shape index (κ3) is 2.58. The number of hydrogen-bond acceptors (Lipinski definition) is 3. The summed E-state index contributed by atoms with van der Waals surface area (Å²) in [4.78, 5) is 16.2. The molecule has 92 valence electrons. The Hall–Kier alpha value is -1.13. The quantitative estimate of drug-likeness (QED) is 0.795. The zero-order valence-electron chi connectivity index (χ0n) is 9.79. The molecule has 17 heavy (non-hydrogen) atoms. The predicted octanol–water partition coefficient (Wildman–Crippen LogP) is 2.25. The van der Waals surface area contributed by atoms with Crippen molar-refractivity contribution in [2.75, 3.05) is 5.32 Å². The Morgan fingerprint density at radius 3 is 2.71 bits per heavy atom. The van der Waals surface area contributed by atoms with Crippen molar-refractivity contribution in [1.29, 1.82) is 0 Å². The first-order valence-corrected chi connectivity index (χ1v) is 6.12. The van der Waals surface area contributed by atoms with Crippen molar-refractivity contribution >= 4 is 23.2 Å². The molecule has 1 amide bonds. The minimum atomic E-state index is -0.716. The lowest BCUT2D eigenvalue weighted by atomic mass is 9.98. The number of amides is 1. The minimum absolute atomic E-state index is 0.123. The number of aromatic nitrogens is 1. The van der Waals surface area contributed by atoms with E-state index >= 15 is 0 Å². The zero-order valence-corrected chi connectivity index (χ0v) is 10.5. The molecule has 2 rings (SSSR count). The third-order valence-electron chi connectivity index (χ3n) is 3.25. The molecule has 0 atom stereocenters. The Kier molecular flexibility index (Phi) is 3.35. The minimum Gasteiger partial charge on any atom is -0.323 e. The topological polar surface area (TPSA) is 68.0 Å². The Labute approximate surface area is 106 Å². The van der Waals surface area contributed by atoms with E-state index in [4.69, 9.17) is 17.3 Å². The number of carbonyl (C=O) groups excluding carboxylic acids is 1. The van der Waals surface area contributed by atoms with E-state index in [2.05, 4.69) is 10.3 Å². The van der Waals surface area contributed by atoms with Crippen LogP contribution in [0.1, 0.15) is 31.4 Å². The number of nitrogens with zero attached hydrogens (tertiary/aromatic N) is 1. The first-order chi connectivity index (χ1) is 8.01. The molecule has 5 heteroatoms. The number of halogens is 1. The number of nitrogens with one attached hydrogen (secondary N) is 1. The molecule has 1 aromatic rings. The highest BCUT2D eigenvalue weighted by atomic mass is 35.5. The molecule has 3 N–H and O–H groups in total. The van der Waals surface area contributed by atoms with Crippen LogP contribution in [0.25, 0.3) is 0 Å². The Morgan fingerprint density at radius 2 is 2.12 bits per heavy atom. The molecule has 0 aliphatic heterocycles. The van der Waals surface area contributed by atoms with Gasteiger partial charge in [0.25, 0.3) is 0 Å². The van der Waals surface area contributed by atoms with Gasteiger partial charge in [-0.25, -0.2) is 4.98 Å². The number of rotatable bonds is 2. The van der Waals surface area contributed by atoms with E-state index in [1.54, 1.807) is 19.1 Å². The van der Waals surface area contributed by atoms with Crippen LogP contribution in [0.2, 0.25) is 5.15 Å². The van der Waals surface area contributed by atoms with Gasteiger partial charge >= 0.3 is 0 Å². The molecule has 0 unspecified atom stereocenters. The molecular weight excluding hydrogens is 238 g/mol. The predicted molar refractivity (Wildman–Crippen MR) is 68.0 cm³/mol. The van der Waals surface area contributed by atoms with Gasteiger partial charge in [0.1, 0.15) is 5.15 Å². The fourth-order valence-corrected chi connectivity index (χ4v) is 2.33. The maximum atomic E-state index is 12.1. The monoisotopic (exact) mass is 253 g/mol. The Morgan fingerprint density at radius 1 is 1.47 bits per heavy atom. The molecule has 1 saturated carbocycles. The molecule has 0 aromatic carbocycles. The molecule has 1 aliphatic carbocycles. The summed E-state index contributed by atoms with van der Waals surface area (Å²) in [5.41, 5.74) is 6.73. The fourth-order valence-electron chi connectivity index (χ4n) is 2.14. The molecule has 0 spiro atoms. The number of aryl methyl sites for hydroxylation is 1. The lowest BCUT2D eigenvalue weighted by molar-refractivity contribution is -0.121. The summed E-state index contributed by atoms with van der Waals surface area (Å²) in [6.45, 7) is 1.80. The standard InChI is InChI=1S/C12H16ClN3O/c1-8-9(4-5-10(13)15-8)16-11(17)12(14)6-2-3-7-12/h4-5H,2-3,6-7,14H2,1H3,(H,16,17). The largest absolute Gasteiger partial charge is 0.323 e. The number of anilines is 1. The second-order valence-corrected chi connectivity index (χ2v) is 4.97. The van der Waals surface area contributed by atoms with E-state index in [0.29, 0.717) is 16.5 Å². The van der Waals surface area contributed by atoms with Crippen LogP contribution in [0.5, 0.6) is 0 Å². The average Bonchev–Trinajstić information content (AvgIpc) is 2.71. The molecule has 0 saturated heterocycles. The highest BCUT2D eigenvalue weighted by Crippen LogP contribution is 2.28. The lowest BCUT2D eigenvalue weighted by Gasteiger charge is -2.22. The Bertz CT molecular complexity index is 441. The van der Waals surface area contributed by atoms with Gasteiger partial charge in [0.05, 0.1) is 16.9 Å². The number of nitrogens with two attached hydrogens (primary N) is 1. The van der Waals surface area contributed by atoms with Crippen LogP contribution in [-0.4, -0.2) is 16.4 Å². The van der Waals surface area contributed by atoms with Gasteiger partial charge in [0.2, 0.25) is 5.91 Å². The van der Waals surface area contributed by atoms with E-state index in [9.17, 15) is 4.79 Å². The summed E-state index contributed by atoms with van der Waals surface area (Å²) in [7, 11) is 0. The maximum absolute atomic E-state index is 12.1. The van der Waals surface area contributed by atoms with E-state index in [1.807, 2.05) is 0 Å². The zero-order chi connectivity index (χ0) is 12.5. The molecular formula is C12H16ClN3O. The molecule has 1 fully saturated rings. The molecule has 0 bridgehead atoms. The van der Waals surface area contributed by atoms with Crippen molar-refractivity contribution in [3.63, 3.8) is 0 Å². The molecule has 1 heterocycles. The summed E-state index contributed by atoms with van der Waals surface area (Å²) < 4.78 is 0. The number of carbonyl (C=O) groups is 1. The summed E-state index contributed by atoms with van der Waals surface area (Å²) >= 11 is 5.76. The summed E-state index contributed by atoms with van der Waals surface area (Å²) in [5.74, 6) is -0.123. The summed E-state index contributed by atoms with van der Waals surface area (Å²) in [6, 6.07) is 3.41. The first kappa shape index (κ1) is 12.3. The van der Waals surface area contributed by atoms with Gasteiger partial charge in [-0.05, 0) is 31.9 Å². The van der Waals surface area contributed by atoms with Crippen LogP contribution < -0.4 is 11.1 Å². The second kappa shape index (κ2) is 4.63. The number of hydrogen-bond donors (Lipinski definition) is 2. The average molecular weight is 254 g/mol. The van der Waals surface area contributed by atoms with Crippen molar-refractivity contribution < 1.29 is 4.79 Å². The van der Waals surface area contributed by atoms with Crippen LogP contribution in [0.15, 0.2) is 12.1 Å². The smallest absolute Gasteiger partial charge is 0.244 e. The Balaban J connectivity index is 2.13. The van der Waals surface area contributed by atoms with Gasteiger partial charge in [0, 0.05) is 0 Å². The third-order valence-corrected chi connectivity index (χ3v) is 3.46. The van der Waals surface area contributed by atoms with Gasteiger partial charge in [-0.2, -0.15) is 0 Å². The van der Waals surface area contributed by atoms with Crippen LogP contribution in [0.4, 0.5) is 5.69 Å². The van der Waals surface area contributed by atoms with Crippen LogP contribution >= 0.6 is 11.6 Å². The van der Waals surface area contributed by atoms with Crippen molar-refractivity contribution in [1.82, 2.24) is 4.98 Å². The van der Waals surface area contributed by atoms with Crippen LogP contribution in [0, 0.1) is 6.92 Å². The maximum Gasteiger partial charge on any atom is 0.244 e. The highest BCUT2D eigenvalue weighted by Gasteiger charge is 2.37. The molecule has 1 aromatic heterocycles. The highest BCUT2D eigenvalue weighted by molar-refractivity contribution is 6.29. The molecule has 0 radical (unpaired) electrons. The number of pyridine rings is 1. The lowest BCUT2D eigenvalue weighted by Crippen LogP contribution is -2.48. The van der Waals surface area contributed by atoms with Gasteiger partial charge in [-0.15, -0.1) is 0 Å². The normalized spacial score (nSPS) is 18.1. The van der Waals surface area contributed by atoms with Crippen molar-refractivity contribution in [3.05, 3.63) is 23.0 Å². The van der Waals surface area contributed by atoms with E-state index in [-0.39, 0.29) is 5.91 Å². The van der Waals surface area contributed by atoms with Gasteiger partial charge in [-0.1, -0.05) is 24.4 Å². The van der Waals surface area contributed by atoms with E-state index in [1.165, 1.54) is 0 Å². The second-order valence-electron chi connectivity index (χ2n) is 4.58. The first-order valence-electron chi connectivity index (χ1n) is 5.75. The van der Waals surface area contributed by atoms with E-state index in [0.717, 1.165) is 25.7 Å². The van der Waals surface area contributed by atoms with Crippen molar-refractivity contribution in [2.24, 2.45) is 5.73 Å². The van der Waals surface area contributed by atoms with Crippen LogP contribution in [-0.2, 0) is 4.79 Å². The van der Waals surface area contributed by atoms with Gasteiger partial charge < -0.3 is 11.1 Å². The van der Waals surface area contributed by atoms with E-state index < -0.39 is 5.54 Å². The fraction of sp³-hybridized carbons (Fsp3) is 0.500. The summed E-state index contributed by atoms with van der Waals surface area (Å²) in [6.07, 6.45) is 3.53. The molecule has 1 aliphatic rings. The van der Waals surface area contributed by atoms with Crippen molar-refractivity contribution in [2.45, 2.75) is 38.1 Å². The van der Waals surface area contributed by atoms with Crippen LogP contribution in [0.3, 0.4) is 0 Å². The molecule has 4 nitrogen and oxygen atoms in total. The van der Waals surface area contributed by atoms with Crippen molar-refractivity contribution in [3.8, 4) is 0 Å². The van der Waals surface area contributed by atoms with Gasteiger partial charge in [0.15, 0.2) is 0 Å².